The fourth-order valence-corrected chi connectivity index (χ4v) is 17.1. The Labute approximate surface area is 505 Å². The molecule has 0 amide bonds. The highest BCUT2D eigenvalue weighted by atomic mass is 32.1. The lowest BCUT2D eigenvalue weighted by Crippen LogP contribution is -2.62. The normalized spacial score (nSPS) is 18.7. The monoisotopic (exact) mass is 1110 g/mol. The lowest BCUT2D eigenvalue weighted by molar-refractivity contribution is 0.195. The Balaban J connectivity index is 1.13. The number of anilines is 8. The maximum absolute atomic E-state index is 2.86. The van der Waals surface area contributed by atoms with Crippen molar-refractivity contribution in [1.29, 1.82) is 0 Å². The smallest absolute Gasteiger partial charge is 0.252 e. The molecule has 5 heterocycles. The summed E-state index contributed by atoms with van der Waals surface area (Å²) < 4.78 is 2.67. The topological polar surface area (TPSA) is 9.72 Å². The van der Waals surface area contributed by atoms with Gasteiger partial charge in [-0.2, -0.15) is 0 Å². The van der Waals surface area contributed by atoms with Crippen molar-refractivity contribution in [2.45, 2.75) is 155 Å². The molecule has 1 aliphatic carbocycles. The van der Waals surface area contributed by atoms with Gasteiger partial charge in [0.25, 0.3) is 6.71 Å². The van der Waals surface area contributed by atoms with Crippen LogP contribution in [0.15, 0.2) is 170 Å². The van der Waals surface area contributed by atoms with E-state index in [0.29, 0.717) is 0 Å². The lowest BCUT2D eigenvalue weighted by Gasteiger charge is -2.51. The van der Waals surface area contributed by atoms with E-state index in [1.165, 1.54) is 156 Å². The van der Waals surface area contributed by atoms with Gasteiger partial charge in [0, 0.05) is 54.9 Å². The van der Waals surface area contributed by atoms with Crippen molar-refractivity contribution in [1.82, 2.24) is 0 Å². The van der Waals surface area contributed by atoms with E-state index < -0.39 is 0 Å². The number of thiophene rings is 1. The van der Waals surface area contributed by atoms with E-state index >= 15 is 0 Å². The van der Waals surface area contributed by atoms with E-state index in [-0.39, 0.29) is 39.3 Å². The van der Waals surface area contributed by atoms with Crippen LogP contribution in [-0.2, 0) is 27.1 Å². The fourth-order valence-electron chi connectivity index (χ4n) is 15.9. The standard InChI is InChI=1S/C78H79B2N3S/c1-73(2,3)48-29-35-62(55(41-48)47-23-16-15-17-24-47)82-67-46-52(83-63-36-30-50(75(7,8)9)43-57(63)77(13)39-20-21-40-78(77,83)14)45-66-70(67)80(60-34-33-53-56-42-49(74(4,5)6)32-38-68(56)84-72(53)71(60)82)61-44-51(76(10,11)12)31-37-64(61)81(66)65-28-22-27-59-69(65)54-25-18-19-26-58(54)79-59/h15-19,22-38,41-46,79H,20-21,39-40H2,1-14H3. The molecule has 1 fully saturated rings. The molecule has 2 atom stereocenters. The molecule has 9 aromatic carbocycles. The average Bonchev–Trinajstić information content (AvgIpc) is 1.23. The molecule has 418 valence electrons. The SMILES string of the molecule is CC(C)(C)c1ccc2c(c1)B1c3ccc4c(sc5ccc(C(C)(C)C)cc54)c3N(c3ccc(C(C)(C)C)cc3-c3ccccc3)c3cc(N4c5ccc(C(C)(C)C)cc5C5(C)CCCCC45C)cc(c31)N2c1cccc2c1-c1ccccc1B2. The van der Waals surface area contributed by atoms with Crippen LogP contribution in [0, 0.1) is 0 Å². The fraction of sp³-hybridized carbons (Fsp3) is 0.308. The molecule has 3 nitrogen and oxygen atoms in total. The van der Waals surface area contributed by atoms with Crippen molar-refractivity contribution in [3.05, 3.63) is 198 Å². The number of hydrogen-bond donors (Lipinski definition) is 0. The summed E-state index contributed by atoms with van der Waals surface area (Å²) in [5, 5.41) is 2.67. The van der Waals surface area contributed by atoms with Gasteiger partial charge in [0.05, 0.1) is 27.3 Å². The van der Waals surface area contributed by atoms with Crippen LogP contribution in [0.25, 0.3) is 42.4 Å². The van der Waals surface area contributed by atoms with Crippen LogP contribution in [0.2, 0.25) is 0 Å². The summed E-state index contributed by atoms with van der Waals surface area (Å²) in [4.78, 5) is 8.39. The summed E-state index contributed by atoms with van der Waals surface area (Å²) >= 11 is 1.98. The summed E-state index contributed by atoms with van der Waals surface area (Å²) in [5.74, 6) is 0. The van der Waals surface area contributed by atoms with Gasteiger partial charge in [-0.3, -0.25) is 0 Å². The van der Waals surface area contributed by atoms with Crippen molar-refractivity contribution >= 4 is 118 Å². The van der Waals surface area contributed by atoms with Gasteiger partial charge >= 0.3 is 0 Å². The summed E-state index contributed by atoms with van der Waals surface area (Å²) in [6, 6.07) is 67.8. The molecule has 0 N–H and O–H groups in total. The molecule has 0 spiro atoms. The Morgan fingerprint density at radius 2 is 1.07 bits per heavy atom. The Morgan fingerprint density at radius 1 is 0.464 bits per heavy atom. The predicted molar refractivity (Wildman–Crippen MR) is 368 cm³/mol. The minimum Gasteiger partial charge on any atom is -0.334 e. The van der Waals surface area contributed by atoms with E-state index in [2.05, 4.69) is 281 Å². The van der Waals surface area contributed by atoms with E-state index in [1.807, 2.05) is 11.3 Å². The highest BCUT2D eigenvalue weighted by molar-refractivity contribution is 7.26. The Hall–Kier alpha value is -7.27. The number of hydrogen-bond acceptors (Lipinski definition) is 4. The second-order valence-corrected chi connectivity index (χ2v) is 31.1. The van der Waals surface area contributed by atoms with Crippen molar-refractivity contribution in [2.75, 3.05) is 14.7 Å². The molecule has 0 radical (unpaired) electrons. The van der Waals surface area contributed by atoms with Crippen LogP contribution in [0.1, 0.15) is 150 Å². The van der Waals surface area contributed by atoms with Crippen molar-refractivity contribution < 1.29 is 0 Å². The van der Waals surface area contributed by atoms with Gasteiger partial charge in [0.15, 0.2) is 7.28 Å². The third-order valence-corrected chi connectivity index (χ3v) is 22.0. The molecule has 1 aromatic heterocycles. The van der Waals surface area contributed by atoms with Crippen LogP contribution < -0.4 is 42.0 Å². The molecule has 4 aliphatic heterocycles. The van der Waals surface area contributed by atoms with Crippen molar-refractivity contribution in [2.24, 2.45) is 0 Å². The summed E-state index contributed by atoms with van der Waals surface area (Å²) in [5.41, 5.74) is 28.7. The molecule has 0 saturated heterocycles. The Kier molecular flexibility index (Phi) is 11.5. The van der Waals surface area contributed by atoms with Crippen LogP contribution in [0.3, 0.4) is 0 Å². The number of fused-ring (bicyclic) bond motifs is 14. The number of benzene rings is 9. The van der Waals surface area contributed by atoms with Crippen LogP contribution in [0.4, 0.5) is 45.5 Å². The van der Waals surface area contributed by atoms with E-state index in [1.54, 1.807) is 0 Å². The van der Waals surface area contributed by atoms with E-state index in [4.69, 9.17) is 0 Å². The van der Waals surface area contributed by atoms with Gasteiger partial charge in [0.2, 0.25) is 0 Å². The maximum Gasteiger partial charge on any atom is 0.252 e. The maximum atomic E-state index is 2.86. The second kappa shape index (κ2) is 18.1. The molecule has 84 heavy (non-hydrogen) atoms. The second-order valence-electron chi connectivity index (χ2n) is 30.1. The first kappa shape index (κ1) is 53.5. The lowest BCUT2D eigenvalue weighted by atomic mass is 9.33. The quantitative estimate of drug-likeness (QED) is 0.163. The van der Waals surface area contributed by atoms with E-state index in [9.17, 15) is 0 Å². The Bertz CT molecular complexity index is 4410. The van der Waals surface area contributed by atoms with E-state index in [0.717, 1.165) is 20.1 Å². The molecular weight excluding hydrogens is 1030 g/mol. The summed E-state index contributed by atoms with van der Waals surface area (Å²) in [6.07, 6.45) is 4.71. The first-order valence-electron chi connectivity index (χ1n) is 31.2. The van der Waals surface area contributed by atoms with Crippen LogP contribution in [-0.4, -0.2) is 19.5 Å². The minimum absolute atomic E-state index is 0.00473. The first-order valence-corrected chi connectivity index (χ1v) is 32.0. The van der Waals surface area contributed by atoms with Gasteiger partial charge in [-0.15, -0.1) is 11.3 Å². The number of rotatable bonds is 4. The van der Waals surface area contributed by atoms with Crippen LogP contribution in [0.5, 0.6) is 0 Å². The van der Waals surface area contributed by atoms with Crippen molar-refractivity contribution in [3.8, 4) is 22.3 Å². The van der Waals surface area contributed by atoms with Gasteiger partial charge in [-0.1, -0.05) is 229 Å². The molecule has 10 aromatic rings. The van der Waals surface area contributed by atoms with Crippen LogP contribution >= 0.6 is 11.3 Å². The minimum atomic E-state index is -0.194. The zero-order chi connectivity index (χ0) is 58.4. The van der Waals surface area contributed by atoms with Gasteiger partial charge in [-0.05, 0) is 157 Å². The molecule has 1 saturated carbocycles. The zero-order valence-electron chi connectivity index (χ0n) is 52.0. The molecule has 6 heteroatoms. The third kappa shape index (κ3) is 7.76. The molecule has 0 bridgehead atoms. The summed E-state index contributed by atoms with van der Waals surface area (Å²) in [6.45, 7) is 33.6. The van der Waals surface area contributed by atoms with Gasteiger partial charge in [0.1, 0.15) is 0 Å². The largest absolute Gasteiger partial charge is 0.334 e. The molecule has 15 rings (SSSR count). The zero-order valence-corrected chi connectivity index (χ0v) is 52.8. The first-order chi connectivity index (χ1) is 39.9. The average molecular weight is 1110 g/mol. The van der Waals surface area contributed by atoms with Crippen molar-refractivity contribution in [3.63, 3.8) is 0 Å². The van der Waals surface area contributed by atoms with Gasteiger partial charge in [-0.25, -0.2) is 0 Å². The Morgan fingerprint density at radius 3 is 1.80 bits per heavy atom. The van der Waals surface area contributed by atoms with Gasteiger partial charge < -0.3 is 14.7 Å². The highest BCUT2D eigenvalue weighted by Gasteiger charge is 2.58. The molecular formula is C78H79B2N3S. The predicted octanol–water partition coefficient (Wildman–Crippen LogP) is 18.1. The highest BCUT2D eigenvalue weighted by Crippen LogP contribution is 2.63. The number of nitrogens with zero attached hydrogens (tertiary/aromatic N) is 3. The summed E-state index contributed by atoms with van der Waals surface area (Å²) in [7, 11) is 0.929. The molecule has 5 aliphatic rings. The molecule has 2 unspecified atom stereocenters. The third-order valence-electron chi connectivity index (χ3n) is 20.8.